The third kappa shape index (κ3) is 3.79. The first-order valence-electron chi connectivity index (χ1n) is 9.06. The highest BCUT2D eigenvalue weighted by molar-refractivity contribution is 5.98. The number of nitrogens with two attached hydrogens (primary N) is 1. The normalized spacial score (nSPS) is 13.8. The van der Waals surface area contributed by atoms with Gasteiger partial charge in [0.1, 0.15) is 11.4 Å². The summed E-state index contributed by atoms with van der Waals surface area (Å²) in [6.07, 6.45) is 4.76. The molecule has 2 aromatic rings. The number of benzene rings is 1. The summed E-state index contributed by atoms with van der Waals surface area (Å²) in [5.74, 6) is 7.44. The van der Waals surface area contributed by atoms with Crippen LogP contribution in [0.25, 0.3) is 11.4 Å². The highest BCUT2D eigenvalue weighted by Gasteiger charge is 2.23. The zero-order valence-corrected chi connectivity index (χ0v) is 16.3. The lowest BCUT2D eigenvalue weighted by Gasteiger charge is -2.29. The van der Waals surface area contributed by atoms with Gasteiger partial charge in [0.15, 0.2) is 17.3 Å². The van der Waals surface area contributed by atoms with Gasteiger partial charge in [0.25, 0.3) is 5.91 Å². The minimum atomic E-state index is -0.419. The molecule has 3 rings (SSSR count). The topological polar surface area (TPSA) is 112 Å². The SMILES string of the molecule is COc1cc(-c2ncc(C(=O)NN)c(N3CCCCC3)n2)cc(OC)c1OC. The number of rotatable bonds is 6. The fourth-order valence-electron chi connectivity index (χ4n) is 3.31. The number of nitrogens with one attached hydrogen (secondary N) is 1. The number of hydrogen-bond donors (Lipinski definition) is 2. The van der Waals surface area contributed by atoms with Crippen LogP contribution in [0.5, 0.6) is 17.2 Å². The molecule has 3 N–H and O–H groups in total. The second-order valence-electron chi connectivity index (χ2n) is 6.37. The summed E-state index contributed by atoms with van der Waals surface area (Å²) in [6.45, 7) is 1.66. The summed E-state index contributed by atoms with van der Waals surface area (Å²) in [7, 11) is 4.65. The van der Waals surface area contributed by atoms with E-state index in [2.05, 4.69) is 20.3 Å². The molecule has 1 aliphatic rings. The van der Waals surface area contributed by atoms with E-state index in [0.717, 1.165) is 25.9 Å². The van der Waals surface area contributed by atoms with Crippen LogP contribution in [-0.2, 0) is 0 Å². The highest BCUT2D eigenvalue weighted by atomic mass is 16.5. The Morgan fingerprint density at radius 3 is 2.25 bits per heavy atom. The van der Waals surface area contributed by atoms with E-state index in [0.29, 0.717) is 40.0 Å². The molecule has 0 atom stereocenters. The maximum absolute atomic E-state index is 12.2. The van der Waals surface area contributed by atoms with Gasteiger partial charge in [0.05, 0.1) is 21.3 Å². The second kappa shape index (κ2) is 8.75. The van der Waals surface area contributed by atoms with Crippen molar-refractivity contribution in [2.24, 2.45) is 5.84 Å². The Kier molecular flexibility index (Phi) is 6.15. The minimum absolute atomic E-state index is 0.348. The van der Waals surface area contributed by atoms with Crippen molar-refractivity contribution in [1.82, 2.24) is 15.4 Å². The second-order valence-corrected chi connectivity index (χ2v) is 6.37. The van der Waals surface area contributed by atoms with Gasteiger partial charge in [-0.1, -0.05) is 0 Å². The number of carbonyl (C=O) groups is 1. The summed E-state index contributed by atoms with van der Waals surface area (Å²) >= 11 is 0. The van der Waals surface area contributed by atoms with E-state index in [9.17, 15) is 4.79 Å². The number of hydrogen-bond acceptors (Lipinski definition) is 8. The van der Waals surface area contributed by atoms with Crippen LogP contribution in [0.2, 0.25) is 0 Å². The summed E-state index contributed by atoms with van der Waals surface area (Å²) in [5.41, 5.74) is 3.20. The summed E-state index contributed by atoms with van der Waals surface area (Å²) < 4.78 is 16.2. The standard InChI is InChI=1S/C19H25N5O4/c1-26-14-9-12(10-15(27-2)16(14)28-3)17-21-11-13(19(25)23-20)18(22-17)24-7-5-4-6-8-24/h9-11H,4-8,20H2,1-3H3,(H,23,25). The fourth-order valence-corrected chi connectivity index (χ4v) is 3.31. The van der Waals surface area contributed by atoms with Crippen LogP contribution in [0.15, 0.2) is 18.3 Å². The predicted octanol–water partition coefficient (Wildman–Crippen LogP) is 1.76. The van der Waals surface area contributed by atoms with Crippen LogP contribution >= 0.6 is 0 Å². The number of carbonyl (C=O) groups excluding carboxylic acids is 1. The van der Waals surface area contributed by atoms with Crippen molar-refractivity contribution >= 4 is 11.7 Å². The lowest BCUT2D eigenvalue weighted by molar-refractivity contribution is 0.0953. The van der Waals surface area contributed by atoms with E-state index in [1.165, 1.54) is 12.6 Å². The molecular formula is C19H25N5O4. The smallest absolute Gasteiger partial charge is 0.270 e. The average Bonchev–Trinajstić information content (AvgIpc) is 2.77. The zero-order valence-electron chi connectivity index (χ0n) is 16.3. The van der Waals surface area contributed by atoms with E-state index in [1.807, 2.05) is 0 Å². The molecule has 0 spiro atoms. The molecule has 1 fully saturated rings. The fraction of sp³-hybridized carbons (Fsp3) is 0.421. The Morgan fingerprint density at radius 1 is 1.07 bits per heavy atom. The van der Waals surface area contributed by atoms with E-state index in [-0.39, 0.29) is 0 Å². The van der Waals surface area contributed by atoms with Crippen molar-refractivity contribution in [2.75, 3.05) is 39.3 Å². The van der Waals surface area contributed by atoms with Crippen LogP contribution in [0, 0.1) is 0 Å². The van der Waals surface area contributed by atoms with Gasteiger partial charge in [-0.05, 0) is 31.4 Å². The minimum Gasteiger partial charge on any atom is -0.493 e. The van der Waals surface area contributed by atoms with Crippen molar-refractivity contribution < 1.29 is 19.0 Å². The first-order valence-corrected chi connectivity index (χ1v) is 9.06. The molecule has 0 radical (unpaired) electrons. The van der Waals surface area contributed by atoms with Crippen LogP contribution in [0.1, 0.15) is 29.6 Å². The van der Waals surface area contributed by atoms with Crippen molar-refractivity contribution in [1.29, 1.82) is 0 Å². The number of amides is 1. The summed E-state index contributed by atoms with van der Waals surface area (Å²) in [6, 6.07) is 3.55. The number of nitrogen functional groups attached to an aromatic ring is 1. The quantitative estimate of drug-likeness (QED) is 0.438. The molecule has 2 heterocycles. The summed E-state index contributed by atoms with van der Waals surface area (Å²) in [4.78, 5) is 23.4. The number of aromatic nitrogens is 2. The monoisotopic (exact) mass is 387 g/mol. The van der Waals surface area contributed by atoms with Crippen molar-refractivity contribution in [3.05, 3.63) is 23.9 Å². The Labute approximate surface area is 163 Å². The maximum Gasteiger partial charge on any atom is 0.270 e. The molecule has 0 aliphatic carbocycles. The van der Waals surface area contributed by atoms with Gasteiger partial charge in [-0.3, -0.25) is 10.2 Å². The Hall–Kier alpha value is -3.07. The highest BCUT2D eigenvalue weighted by Crippen LogP contribution is 2.40. The van der Waals surface area contributed by atoms with E-state index in [4.69, 9.17) is 20.1 Å². The van der Waals surface area contributed by atoms with E-state index >= 15 is 0 Å². The zero-order chi connectivity index (χ0) is 20.1. The first-order chi connectivity index (χ1) is 13.6. The third-order valence-corrected chi connectivity index (χ3v) is 4.72. The molecule has 1 aromatic carbocycles. The third-order valence-electron chi connectivity index (χ3n) is 4.72. The van der Waals surface area contributed by atoms with Gasteiger partial charge < -0.3 is 19.1 Å². The molecule has 9 heteroatoms. The number of hydrazine groups is 1. The Balaban J connectivity index is 2.11. The molecule has 1 saturated heterocycles. The molecule has 1 amide bonds. The summed E-state index contributed by atoms with van der Waals surface area (Å²) in [5, 5.41) is 0. The van der Waals surface area contributed by atoms with E-state index in [1.54, 1.807) is 33.5 Å². The lowest BCUT2D eigenvalue weighted by atomic mass is 10.1. The van der Waals surface area contributed by atoms with Crippen LogP contribution < -0.4 is 30.4 Å². The van der Waals surface area contributed by atoms with Gasteiger partial charge in [0.2, 0.25) is 5.75 Å². The maximum atomic E-state index is 12.2. The predicted molar refractivity (Wildman–Crippen MR) is 105 cm³/mol. The van der Waals surface area contributed by atoms with Gasteiger partial charge >= 0.3 is 0 Å². The molecule has 0 unspecified atom stereocenters. The molecular weight excluding hydrogens is 362 g/mol. The Morgan fingerprint density at radius 2 is 1.71 bits per heavy atom. The van der Waals surface area contributed by atoms with Gasteiger partial charge in [-0.15, -0.1) is 0 Å². The molecule has 0 bridgehead atoms. The average molecular weight is 387 g/mol. The Bertz CT molecular complexity index is 827. The van der Waals surface area contributed by atoms with Crippen molar-refractivity contribution in [3.8, 4) is 28.6 Å². The molecule has 28 heavy (non-hydrogen) atoms. The number of nitrogens with zero attached hydrogens (tertiary/aromatic N) is 3. The number of piperidine rings is 1. The molecule has 9 nitrogen and oxygen atoms in total. The van der Waals surface area contributed by atoms with E-state index < -0.39 is 5.91 Å². The first kappa shape index (κ1) is 19.7. The van der Waals surface area contributed by atoms with Crippen molar-refractivity contribution in [2.45, 2.75) is 19.3 Å². The van der Waals surface area contributed by atoms with Gasteiger partial charge in [0, 0.05) is 24.8 Å². The number of ether oxygens (including phenoxy) is 3. The van der Waals surface area contributed by atoms with Crippen LogP contribution in [0.4, 0.5) is 5.82 Å². The van der Waals surface area contributed by atoms with Crippen LogP contribution in [-0.4, -0.2) is 50.3 Å². The lowest BCUT2D eigenvalue weighted by Crippen LogP contribution is -2.35. The largest absolute Gasteiger partial charge is 0.493 e. The molecule has 150 valence electrons. The molecule has 1 aliphatic heterocycles. The van der Waals surface area contributed by atoms with Crippen molar-refractivity contribution in [3.63, 3.8) is 0 Å². The molecule has 0 saturated carbocycles. The number of anilines is 1. The van der Waals surface area contributed by atoms with Crippen LogP contribution in [0.3, 0.4) is 0 Å². The number of methoxy groups -OCH3 is 3. The van der Waals surface area contributed by atoms with Gasteiger partial charge in [-0.2, -0.15) is 0 Å². The molecule has 1 aromatic heterocycles. The van der Waals surface area contributed by atoms with Gasteiger partial charge in [-0.25, -0.2) is 15.8 Å².